The van der Waals surface area contributed by atoms with Gasteiger partial charge in [-0.05, 0) is 25.1 Å². The average molecular weight is 363 g/mol. The van der Waals surface area contributed by atoms with Gasteiger partial charge in [0, 0.05) is 0 Å². The molecule has 0 aliphatic rings. The van der Waals surface area contributed by atoms with Gasteiger partial charge >= 0.3 is 5.97 Å². The van der Waals surface area contributed by atoms with Crippen LogP contribution in [0.25, 0.3) is 0 Å². The van der Waals surface area contributed by atoms with Gasteiger partial charge in [-0.15, -0.1) is 0 Å². The molecule has 0 bridgehead atoms. The van der Waals surface area contributed by atoms with Gasteiger partial charge in [0.05, 0.1) is 27.0 Å². The van der Waals surface area contributed by atoms with Crippen LogP contribution in [0.15, 0.2) is 28.9 Å². The van der Waals surface area contributed by atoms with Crippen molar-refractivity contribution in [2.75, 3.05) is 11.9 Å². The molecule has 1 aromatic heterocycles. The number of nitrogens with one attached hydrogen (secondary N) is 1. The van der Waals surface area contributed by atoms with E-state index in [2.05, 4.69) is 5.32 Å². The Morgan fingerprint density at radius 1 is 1.18 bits per heavy atom. The molecule has 2 aromatic rings. The van der Waals surface area contributed by atoms with Crippen molar-refractivity contribution in [3.63, 3.8) is 0 Å². The van der Waals surface area contributed by atoms with Crippen LogP contribution >= 0.6 is 34.8 Å². The number of rotatable bonds is 4. The molecule has 1 N–H and O–H groups in total. The van der Waals surface area contributed by atoms with Crippen molar-refractivity contribution in [3.8, 4) is 0 Å². The zero-order valence-electron chi connectivity index (χ0n) is 11.3. The first-order chi connectivity index (χ1) is 10.4. The molecule has 0 fully saturated rings. The van der Waals surface area contributed by atoms with Gasteiger partial charge in [0.2, 0.25) is 0 Å². The topological polar surface area (TPSA) is 68.5 Å². The van der Waals surface area contributed by atoms with Crippen LogP contribution < -0.4 is 5.32 Å². The molecule has 0 saturated carbocycles. The van der Waals surface area contributed by atoms with Gasteiger partial charge < -0.3 is 14.5 Å². The smallest absolute Gasteiger partial charge is 0.342 e. The van der Waals surface area contributed by atoms with Crippen LogP contribution in [-0.4, -0.2) is 18.5 Å². The number of benzene rings is 1. The first kappa shape index (κ1) is 16.7. The van der Waals surface area contributed by atoms with E-state index in [-0.39, 0.29) is 26.3 Å². The molecule has 5 nitrogen and oxygen atoms in total. The number of hydrogen-bond acceptors (Lipinski definition) is 4. The monoisotopic (exact) mass is 361 g/mol. The summed E-state index contributed by atoms with van der Waals surface area (Å²) in [5, 5.41) is 3.21. The highest BCUT2D eigenvalue weighted by Crippen LogP contribution is 2.32. The van der Waals surface area contributed by atoms with E-state index in [4.69, 9.17) is 44.0 Å². The number of ether oxygens (including phenoxy) is 1. The number of amides is 1. The zero-order valence-corrected chi connectivity index (χ0v) is 13.6. The second kappa shape index (κ2) is 7.05. The van der Waals surface area contributed by atoms with Gasteiger partial charge in [-0.1, -0.05) is 34.8 Å². The van der Waals surface area contributed by atoms with E-state index in [1.54, 1.807) is 6.92 Å². The maximum atomic E-state index is 11.8. The number of carbonyl (C=O) groups excluding carboxylic acids is 2. The average Bonchev–Trinajstić information content (AvgIpc) is 2.88. The molecule has 0 saturated heterocycles. The fraction of sp³-hybridized carbons (Fsp3) is 0.143. The number of carbonyl (C=O) groups is 2. The van der Waals surface area contributed by atoms with Crippen LogP contribution in [0.2, 0.25) is 15.1 Å². The lowest BCUT2D eigenvalue weighted by Gasteiger charge is -2.09. The Morgan fingerprint density at radius 2 is 1.86 bits per heavy atom. The van der Waals surface area contributed by atoms with E-state index in [1.807, 2.05) is 0 Å². The Labute approximate surface area is 141 Å². The number of halogens is 3. The highest BCUT2D eigenvalue weighted by Gasteiger charge is 2.15. The summed E-state index contributed by atoms with van der Waals surface area (Å²) in [5.74, 6) is -0.797. The molecule has 0 spiro atoms. The minimum absolute atomic E-state index is 0.222. The summed E-state index contributed by atoms with van der Waals surface area (Å²) in [7, 11) is 0. The lowest BCUT2D eigenvalue weighted by atomic mass is 10.3. The van der Waals surface area contributed by atoms with E-state index in [0.29, 0.717) is 5.76 Å². The molecule has 116 valence electrons. The number of hydrogen-bond donors (Lipinski definition) is 1. The van der Waals surface area contributed by atoms with Crippen molar-refractivity contribution in [3.05, 3.63) is 50.9 Å². The number of esters is 1. The first-order valence-electron chi connectivity index (χ1n) is 6.04. The molecule has 0 atom stereocenters. The summed E-state index contributed by atoms with van der Waals surface area (Å²) in [6.45, 7) is 1.15. The van der Waals surface area contributed by atoms with E-state index < -0.39 is 18.5 Å². The lowest BCUT2D eigenvalue weighted by molar-refractivity contribution is -0.119. The quantitative estimate of drug-likeness (QED) is 0.649. The molecular formula is C14H10Cl3NO4. The van der Waals surface area contributed by atoms with Crippen LogP contribution in [0.1, 0.15) is 16.1 Å². The van der Waals surface area contributed by atoms with Crippen molar-refractivity contribution in [2.24, 2.45) is 0 Å². The Hall–Kier alpha value is -1.69. The molecule has 1 aromatic carbocycles. The van der Waals surface area contributed by atoms with E-state index in [9.17, 15) is 9.59 Å². The summed E-state index contributed by atoms with van der Waals surface area (Å²) < 4.78 is 9.86. The summed E-state index contributed by atoms with van der Waals surface area (Å²) in [6.07, 6.45) is 1.36. The lowest BCUT2D eigenvalue weighted by Crippen LogP contribution is -2.21. The first-order valence-corrected chi connectivity index (χ1v) is 7.17. The SMILES string of the molecule is Cc1occc1C(=O)OCC(=O)Nc1cc(Cl)c(Cl)cc1Cl. The van der Waals surface area contributed by atoms with E-state index in [1.165, 1.54) is 24.5 Å². The molecular weight excluding hydrogens is 353 g/mol. The standard InChI is InChI=1S/C14H10Cl3NO4/c1-7-8(2-3-21-7)14(20)22-6-13(19)18-12-5-10(16)9(15)4-11(12)17/h2-5H,6H2,1H3,(H,18,19). The Morgan fingerprint density at radius 3 is 2.50 bits per heavy atom. The van der Waals surface area contributed by atoms with Crippen LogP contribution in [0.5, 0.6) is 0 Å². The van der Waals surface area contributed by atoms with Gasteiger partial charge in [-0.2, -0.15) is 0 Å². The maximum absolute atomic E-state index is 11.8. The molecule has 0 aliphatic heterocycles. The van der Waals surface area contributed by atoms with Gasteiger partial charge in [0.15, 0.2) is 6.61 Å². The normalized spacial score (nSPS) is 10.4. The van der Waals surface area contributed by atoms with Gasteiger partial charge in [-0.3, -0.25) is 4.79 Å². The van der Waals surface area contributed by atoms with Crippen LogP contribution in [-0.2, 0) is 9.53 Å². The van der Waals surface area contributed by atoms with Crippen molar-refractivity contribution < 1.29 is 18.7 Å². The van der Waals surface area contributed by atoms with Gasteiger partial charge in [-0.25, -0.2) is 4.79 Å². The summed E-state index contributed by atoms with van der Waals surface area (Å²) in [4.78, 5) is 23.5. The predicted molar refractivity (Wildman–Crippen MR) is 83.8 cm³/mol. The summed E-state index contributed by atoms with van der Waals surface area (Å²) >= 11 is 17.6. The minimum Gasteiger partial charge on any atom is -0.469 e. The zero-order chi connectivity index (χ0) is 16.3. The maximum Gasteiger partial charge on any atom is 0.342 e. The summed E-state index contributed by atoms with van der Waals surface area (Å²) in [6, 6.07) is 4.28. The van der Waals surface area contributed by atoms with Crippen LogP contribution in [0.3, 0.4) is 0 Å². The van der Waals surface area contributed by atoms with Crippen molar-refractivity contribution in [1.82, 2.24) is 0 Å². The van der Waals surface area contributed by atoms with Crippen molar-refractivity contribution >= 4 is 52.4 Å². The molecule has 0 aliphatic carbocycles. The van der Waals surface area contributed by atoms with Crippen molar-refractivity contribution in [1.29, 1.82) is 0 Å². The number of furan rings is 1. The summed E-state index contributed by atoms with van der Waals surface area (Å²) in [5.41, 5.74) is 0.539. The molecule has 1 amide bonds. The van der Waals surface area contributed by atoms with Crippen molar-refractivity contribution in [2.45, 2.75) is 6.92 Å². The number of anilines is 1. The highest BCUT2D eigenvalue weighted by atomic mass is 35.5. The molecule has 2 rings (SSSR count). The Bertz CT molecular complexity index is 727. The van der Waals surface area contributed by atoms with E-state index in [0.717, 1.165) is 0 Å². The second-order valence-corrected chi connectivity index (χ2v) is 5.48. The molecule has 0 unspecified atom stereocenters. The Kier molecular flexibility index (Phi) is 5.34. The fourth-order valence-corrected chi connectivity index (χ4v) is 2.20. The third kappa shape index (κ3) is 3.94. The van der Waals surface area contributed by atoms with E-state index >= 15 is 0 Å². The molecule has 22 heavy (non-hydrogen) atoms. The van der Waals surface area contributed by atoms with Crippen LogP contribution in [0.4, 0.5) is 5.69 Å². The van der Waals surface area contributed by atoms with Crippen LogP contribution in [0, 0.1) is 6.92 Å². The molecule has 1 heterocycles. The molecule has 0 radical (unpaired) electrons. The number of aryl methyl sites for hydroxylation is 1. The Balaban J connectivity index is 1.95. The predicted octanol–water partition coefficient (Wildman–Crippen LogP) is 4.34. The fourth-order valence-electron chi connectivity index (χ4n) is 1.61. The van der Waals surface area contributed by atoms with Gasteiger partial charge in [0.1, 0.15) is 11.3 Å². The molecule has 8 heteroatoms. The highest BCUT2D eigenvalue weighted by molar-refractivity contribution is 6.44. The third-order valence-electron chi connectivity index (χ3n) is 2.70. The third-order valence-corrected chi connectivity index (χ3v) is 3.73. The van der Waals surface area contributed by atoms with Gasteiger partial charge in [0.25, 0.3) is 5.91 Å². The largest absolute Gasteiger partial charge is 0.469 e. The minimum atomic E-state index is -0.651. The second-order valence-electron chi connectivity index (χ2n) is 4.26.